The first-order valence-electron chi connectivity index (χ1n) is 27.1. The van der Waals surface area contributed by atoms with Crippen molar-refractivity contribution in [3.8, 4) is 11.1 Å². The predicted molar refractivity (Wildman–Crippen MR) is 309 cm³/mol. The molecule has 0 fully saturated rings. The highest BCUT2D eigenvalue weighted by molar-refractivity contribution is 7.00. The van der Waals surface area contributed by atoms with Crippen molar-refractivity contribution < 1.29 is 4.42 Å². The number of hydrogen-bond donors (Lipinski definition) is 0. The molecule has 3 aliphatic carbocycles. The lowest BCUT2D eigenvalue weighted by atomic mass is 9.35. The minimum absolute atomic E-state index is 0.0205. The van der Waals surface area contributed by atoms with Crippen LogP contribution in [-0.4, -0.2) is 14.8 Å². The van der Waals surface area contributed by atoms with Crippen LogP contribution in [0, 0.1) is 6.92 Å². The molecule has 0 spiro atoms. The van der Waals surface area contributed by atoms with Gasteiger partial charge in [-0.3, -0.25) is 0 Å². The van der Waals surface area contributed by atoms with Gasteiger partial charge in [0.15, 0.2) is 0 Å². The van der Waals surface area contributed by atoms with Crippen LogP contribution in [0.4, 0.5) is 34.1 Å². The normalized spacial score (nSPS) is 20.4. The molecule has 0 N–H and O–H groups in total. The third kappa shape index (κ3) is 6.93. The number of furan rings is 1. The van der Waals surface area contributed by atoms with E-state index in [1.54, 1.807) is 0 Å². The molecule has 71 heavy (non-hydrogen) atoms. The third-order valence-electron chi connectivity index (χ3n) is 19.0. The summed E-state index contributed by atoms with van der Waals surface area (Å²) in [4.78, 5) is 5.36. The molecular weight excluding hydrogens is 876 g/mol. The van der Waals surface area contributed by atoms with Gasteiger partial charge >= 0.3 is 0 Å². The van der Waals surface area contributed by atoms with Crippen LogP contribution in [0.5, 0.6) is 0 Å². The summed E-state index contributed by atoms with van der Waals surface area (Å²) >= 11 is 0. The maximum Gasteiger partial charge on any atom is 0.297 e. The number of rotatable bonds is 4. The Morgan fingerprint density at radius 3 is 1.59 bits per heavy atom. The number of anilines is 6. The Bertz CT molecular complexity index is 3390. The van der Waals surface area contributed by atoms with Crippen LogP contribution in [0.25, 0.3) is 22.1 Å². The average molecular weight is 953 g/mol. The van der Waals surface area contributed by atoms with Crippen molar-refractivity contribution >= 4 is 81.7 Å². The minimum Gasteiger partial charge on any atom is -0.468 e. The second-order valence-corrected chi connectivity index (χ2v) is 32.9. The Morgan fingerprint density at radius 2 is 1.00 bits per heavy atom. The van der Waals surface area contributed by atoms with Crippen LogP contribution in [0.15, 0.2) is 108 Å². The van der Waals surface area contributed by atoms with Gasteiger partial charge in [-0.1, -0.05) is 163 Å². The van der Waals surface area contributed by atoms with E-state index in [9.17, 15) is 0 Å². The zero-order valence-electron chi connectivity index (χ0n) is 45.9. The second-order valence-electron chi connectivity index (χ2n) is 27.9. The van der Waals surface area contributed by atoms with E-state index < -0.39 is 8.07 Å². The Balaban J connectivity index is 1.23. The quantitative estimate of drug-likeness (QED) is 0.164. The van der Waals surface area contributed by atoms with Gasteiger partial charge in [-0.15, -0.1) is 0 Å². The number of nitrogens with zero attached hydrogens (tertiary/aromatic N) is 2. The maximum atomic E-state index is 7.76. The van der Waals surface area contributed by atoms with Crippen LogP contribution in [0.3, 0.4) is 0 Å². The summed E-state index contributed by atoms with van der Waals surface area (Å²) in [6.07, 6.45) is 6.99. The van der Waals surface area contributed by atoms with Crippen molar-refractivity contribution in [2.24, 2.45) is 0 Å². The molecule has 0 bridgehead atoms. The standard InChI is InChI=1S/C66H77BN2OSi/c1-40-32-55-58-56(33-40)69(53-25-23-43(71(14,15)16)35-44(53)41-20-18-17-19-21-41)54-38-50-49(64(8,9)29-30-65(50,10)11)37-52(54)67(58)60-59(45-36-48-51(39-57(45)70-60)66(12,13)31-28-63(48,6)7)68(55)42-22-24-46-47(34-42)62(4,5)27-26-61(46,2)3/h17-25,32-39H,26-31H2,1-16H3. The zero-order valence-corrected chi connectivity index (χ0v) is 46.9. The van der Waals surface area contributed by atoms with Crippen molar-refractivity contribution in [1.82, 2.24) is 0 Å². The SMILES string of the molecule is Cc1cc2c3c(c1)N(c1ccc4c(c1)C(C)(C)CCC4(C)C)c1c(oc4cc5c(cc14)C(C)(C)CCC5(C)C)B3c1cc3c(cc1N2c1ccc([Si](C)(C)C)cc1-c1ccccc1)C(C)(C)CCC3(C)C. The Labute approximate surface area is 427 Å². The largest absolute Gasteiger partial charge is 0.468 e. The third-order valence-corrected chi connectivity index (χ3v) is 21.1. The summed E-state index contributed by atoms with van der Waals surface area (Å²) in [7, 11) is -1.69. The van der Waals surface area contributed by atoms with Crippen molar-refractivity contribution in [1.29, 1.82) is 0 Å². The summed E-state index contributed by atoms with van der Waals surface area (Å²) < 4.78 is 7.76. The minimum atomic E-state index is -1.69. The molecule has 1 aromatic heterocycles. The fourth-order valence-corrected chi connectivity index (χ4v) is 15.2. The average Bonchev–Trinajstić information content (AvgIpc) is 3.68. The van der Waals surface area contributed by atoms with Crippen molar-refractivity contribution in [2.45, 2.75) is 181 Å². The van der Waals surface area contributed by atoms with Crippen LogP contribution >= 0.6 is 0 Å². The molecule has 0 saturated heterocycles. The molecule has 5 heteroatoms. The van der Waals surface area contributed by atoms with Gasteiger partial charge in [0.2, 0.25) is 0 Å². The molecule has 6 aromatic carbocycles. The van der Waals surface area contributed by atoms with Crippen LogP contribution in [0.2, 0.25) is 19.6 Å². The summed E-state index contributed by atoms with van der Waals surface area (Å²) in [5, 5.41) is 2.70. The molecule has 364 valence electrons. The highest BCUT2D eigenvalue weighted by atomic mass is 28.3. The molecule has 0 unspecified atom stereocenters. The first-order chi connectivity index (χ1) is 33.2. The van der Waals surface area contributed by atoms with Crippen LogP contribution in [-0.2, 0) is 32.5 Å². The molecule has 2 aliphatic heterocycles. The van der Waals surface area contributed by atoms with Gasteiger partial charge in [0.1, 0.15) is 5.58 Å². The Kier molecular flexibility index (Phi) is 9.84. The fourth-order valence-electron chi connectivity index (χ4n) is 14.0. The first-order valence-corrected chi connectivity index (χ1v) is 30.6. The van der Waals surface area contributed by atoms with E-state index in [1.165, 1.54) is 119 Å². The lowest BCUT2D eigenvalue weighted by Gasteiger charge is -2.47. The second kappa shape index (κ2) is 14.9. The van der Waals surface area contributed by atoms with Gasteiger partial charge in [0.25, 0.3) is 6.71 Å². The van der Waals surface area contributed by atoms with Crippen molar-refractivity contribution in [3.05, 3.63) is 142 Å². The molecule has 12 rings (SSSR count). The highest BCUT2D eigenvalue weighted by Crippen LogP contribution is 2.55. The summed E-state index contributed by atoms with van der Waals surface area (Å²) in [5.74, 6) is 0. The Morgan fingerprint density at radius 1 is 0.479 bits per heavy atom. The lowest BCUT2D eigenvalue weighted by molar-refractivity contribution is 0.332. The number of aryl methyl sites for hydroxylation is 1. The fraction of sp³-hybridized carbons (Fsp3) is 0.424. The Hall–Kier alpha value is -5.26. The number of benzene rings is 6. The first kappa shape index (κ1) is 46.8. The molecule has 7 aromatic rings. The molecule has 0 radical (unpaired) electrons. The predicted octanol–water partition coefficient (Wildman–Crippen LogP) is 16.1. The monoisotopic (exact) mass is 953 g/mol. The van der Waals surface area contributed by atoms with E-state index in [-0.39, 0.29) is 39.2 Å². The number of hydrogen-bond acceptors (Lipinski definition) is 3. The van der Waals surface area contributed by atoms with Gasteiger partial charge in [0, 0.05) is 33.7 Å². The molecular formula is C66H77BN2OSi. The van der Waals surface area contributed by atoms with Crippen LogP contribution in [0.1, 0.15) is 161 Å². The highest BCUT2D eigenvalue weighted by Gasteiger charge is 2.50. The van der Waals surface area contributed by atoms with Crippen molar-refractivity contribution in [2.75, 3.05) is 9.80 Å². The lowest BCUT2D eigenvalue weighted by Crippen LogP contribution is -2.61. The zero-order chi connectivity index (χ0) is 50.3. The molecule has 5 aliphatic rings. The summed E-state index contributed by atoms with van der Waals surface area (Å²) in [5.41, 5.74) is 25.1. The molecule has 0 saturated carbocycles. The van der Waals surface area contributed by atoms with Crippen molar-refractivity contribution in [3.63, 3.8) is 0 Å². The van der Waals surface area contributed by atoms with Gasteiger partial charge in [-0.05, 0) is 182 Å². The molecule has 0 amide bonds. The smallest absolute Gasteiger partial charge is 0.297 e. The van der Waals surface area contributed by atoms with E-state index in [4.69, 9.17) is 4.42 Å². The van der Waals surface area contributed by atoms with Gasteiger partial charge < -0.3 is 14.2 Å². The van der Waals surface area contributed by atoms with E-state index in [0.29, 0.717) is 0 Å². The molecule has 3 heterocycles. The number of fused-ring (bicyclic) bond motifs is 9. The summed E-state index contributed by atoms with van der Waals surface area (Å²) in [6, 6.07) is 41.5. The van der Waals surface area contributed by atoms with E-state index in [2.05, 4.69) is 223 Å². The molecule has 0 atom stereocenters. The van der Waals surface area contributed by atoms with Gasteiger partial charge in [-0.25, -0.2) is 0 Å². The topological polar surface area (TPSA) is 19.6 Å². The maximum absolute atomic E-state index is 7.76. The van der Waals surface area contributed by atoms with E-state index in [0.717, 1.165) is 36.9 Å². The van der Waals surface area contributed by atoms with E-state index in [1.807, 2.05) is 0 Å². The van der Waals surface area contributed by atoms with E-state index >= 15 is 0 Å². The summed E-state index contributed by atoms with van der Waals surface area (Å²) in [6.45, 7) is 39.2. The molecule has 3 nitrogen and oxygen atoms in total. The van der Waals surface area contributed by atoms with Gasteiger partial charge in [0.05, 0.1) is 25.1 Å². The van der Waals surface area contributed by atoms with Crippen LogP contribution < -0.4 is 31.6 Å². The van der Waals surface area contributed by atoms with Gasteiger partial charge in [-0.2, -0.15) is 0 Å².